The maximum Gasteiger partial charge on any atom is 0.264 e. The van der Waals surface area contributed by atoms with E-state index in [9.17, 15) is 14.7 Å². The highest BCUT2D eigenvalue weighted by Crippen LogP contribution is 2.60. The molecular formula is C49H57N5O6Si. The fraction of sp³-hybridized carbons (Fsp3) is 0.408. The zero-order chi connectivity index (χ0) is 42.7. The Morgan fingerprint density at radius 2 is 1.66 bits per heavy atom. The number of nitrogens with one attached hydrogen (secondary N) is 1. The lowest BCUT2D eigenvalue weighted by molar-refractivity contribution is -0.150. The van der Waals surface area contributed by atoms with E-state index in [0.29, 0.717) is 43.7 Å². The third-order valence-electron chi connectivity index (χ3n) is 14.6. The fourth-order valence-corrected chi connectivity index (χ4v) is 15.5. The smallest absolute Gasteiger partial charge is 0.264 e. The predicted molar refractivity (Wildman–Crippen MR) is 241 cm³/mol. The Hall–Kier alpha value is -5.27. The minimum absolute atomic E-state index is 0.0513. The lowest BCUT2D eigenvalue weighted by atomic mass is 9.82. The Labute approximate surface area is 359 Å². The van der Waals surface area contributed by atoms with E-state index < -0.39 is 25.3 Å². The molecular weight excluding hydrogens is 783 g/mol. The second-order valence-corrected chi connectivity index (χ2v) is 22.7. The first kappa shape index (κ1) is 41.1. The number of anilines is 3. The summed E-state index contributed by atoms with van der Waals surface area (Å²) < 4.78 is 12.9. The molecule has 0 radical (unpaired) electrons. The number of ether oxygens (including phenoxy) is 2. The highest BCUT2D eigenvalue weighted by molar-refractivity contribution is 6.91. The summed E-state index contributed by atoms with van der Waals surface area (Å²) in [6.07, 6.45) is 3.10. The third-order valence-corrected chi connectivity index (χ3v) is 19.0. The number of benzene rings is 4. The molecule has 0 saturated carbocycles. The molecule has 0 aliphatic carbocycles. The summed E-state index contributed by atoms with van der Waals surface area (Å²) in [5, 5.41) is 15.2. The maximum absolute atomic E-state index is 15.4. The van der Waals surface area contributed by atoms with Crippen molar-refractivity contribution in [3.8, 4) is 5.75 Å². The van der Waals surface area contributed by atoms with E-state index in [1.807, 2.05) is 71.6 Å². The van der Waals surface area contributed by atoms with Crippen molar-refractivity contribution < 1.29 is 29.0 Å². The normalized spacial score (nSPS) is 25.7. The Bertz CT molecular complexity index is 2330. The molecule has 0 unspecified atom stereocenters. The molecule has 318 valence electrons. The van der Waals surface area contributed by atoms with E-state index in [2.05, 4.69) is 67.1 Å². The standard InChI is InChI=1S/C49H57N5O6Si/c1-6-26-51-42-21-16-37(53-32-54(36-14-8-7-9-15-36)48(46(53)57)22-24-50-25-23-48)28-41(42)49(47(51)58)33(2)45(61(4,5)40-19-17-39(59-3)18-20-40)43(60-49)29-44(56)52-30-35-13-11-10-12-34(35)27-38(52)31-55/h6-21,28,33,38,43,45,50,55H,1,22-27,29-32H2,2-5H3/t33-,38-,43+,45-,49+/m0/s1. The van der Waals surface area contributed by atoms with Crippen molar-refractivity contribution in [1.29, 1.82) is 0 Å². The summed E-state index contributed by atoms with van der Waals surface area (Å²) in [6, 6.07) is 32.0. The van der Waals surface area contributed by atoms with Crippen LogP contribution in [0, 0.1) is 5.92 Å². The maximum atomic E-state index is 15.4. The van der Waals surface area contributed by atoms with Gasteiger partial charge in [-0.2, -0.15) is 0 Å². The van der Waals surface area contributed by atoms with Crippen molar-refractivity contribution in [2.24, 2.45) is 5.92 Å². The number of hydrogen-bond donors (Lipinski definition) is 2. The lowest BCUT2D eigenvalue weighted by Crippen LogP contribution is -2.55. The van der Waals surface area contributed by atoms with Gasteiger partial charge in [-0.25, -0.2) is 0 Å². The molecule has 4 aromatic carbocycles. The van der Waals surface area contributed by atoms with E-state index in [1.54, 1.807) is 23.0 Å². The van der Waals surface area contributed by atoms with Gasteiger partial charge >= 0.3 is 0 Å². The van der Waals surface area contributed by atoms with Gasteiger partial charge in [0.25, 0.3) is 11.8 Å². The first-order valence-corrected chi connectivity index (χ1v) is 24.8. The van der Waals surface area contributed by atoms with Crippen LogP contribution in [0.5, 0.6) is 5.75 Å². The molecule has 0 bridgehead atoms. The molecule has 0 aromatic heterocycles. The molecule has 5 aliphatic rings. The first-order valence-electron chi connectivity index (χ1n) is 21.7. The van der Waals surface area contributed by atoms with Crippen LogP contribution < -0.4 is 29.9 Å². The monoisotopic (exact) mass is 839 g/mol. The van der Waals surface area contributed by atoms with Gasteiger partial charge in [-0.05, 0) is 91.5 Å². The van der Waals surface area contributed by atoms with E-state index >= 15 is 4.79 Å². The largest absolute Gasteiger partial charge is 0.497 e. The minimum Gasteiger partial charge on any atom is -0.497 e. The summed E-state index contributed by atoms with van der Waals surface area (Å²) in [5.41, 5.74) is 3.06. The van der Waals surface area contributed by atoms with Gasteiger partial charge in [0.1, 0.15) is 11.3 Å². The summed E-state index contributed by atoms with van der Waals surface area (Å²) in [7, 11) is -0.930. The van der Waals surface area contributed by atoms with Crippen LogP contribution >= 0.6 is 0 Å². The van der Waals surface area contributed by atoms with Crippen molar-refractivity contribution in [3.63, 3.8) is 0 Å². The zero-order valence-electron chi connectivity index (χ0n) is 35.7. The second-order valence-electron chi connectivity index (χ2n) is 18.0. The average Bonchev–Trinajstić information content (AvgIpc) is 3.83. The summed E-state index contributed by atoms with van der Waals surface area (Å²) >= 11 is 0. The number of carbonyl (C=O) groups is 3. The van der Waals surface area contributed by atoms with Crippen molar-refractivity contribution in [3.05, 3.63) is 126 Å². The van der Waals surface area contributed by atoms with Crippen LogP contribution in [0.3, 0.4) is 0 Å². The van der Waals surface area contributed by atoms with Gasteiger partial charge in [0.2, 0.25) is 5.91 Å². The van der Waals surface area contributed by atoms with Crippen LogP contribution in [-0.2, 0) is 37.7 Å². The number of methoxy groups -OCH3 is 1. The number of amides is 3. The van der Waals surface area contributed by atoms with Crippen LogP contribution in [-0.4, -0.2) is 93.5 Å². The summed E-state index contributed by atoms with van der Waals surface area (Å²) in [4.78, 5) is 52.7. The Morgan fingerprint density at radius 3 is 2.34 bits per heavy atom. The van der Waals surface area contributed by atoms with Crippen LogP contribution in [0.1, 0.15) is 42.9 Å². The minimum atomic E-state index is -2.58. The molecule has 5 atom stereocenters. The van der Waals surface area contributed by atoms with Crippen molar-refractivity contribution in [2.75, 3.05) is 54.7 Å². The molecule has 3 amide bonds. The molecule has 4 aromatic rings. The van der Waals surface area contributed by atoms with Gasteiger partial charge < -0.3 is 34.6 Å². The number of rotatable bonds is 10. The number of nitrogens with zero attached hydrogens (tertiary/aromatic N) is 4. The first-order chi connectivity index (χ1) is 29.5. The van der Waals surface area contributed by atoms with Crippen molar-refractivity contribution >= 4 is 48.0 Å². The molecule has 5 heterocycles. The Balaban J connectivity index is 1.14. The van der Waals surface area contributed by atoms with Crippen LogP contribution in [0.2, 0.25) is 18.6 Å². The van der Waals surface area contributed by atoms with Crippen LogP contribution in [0.15, 0.2) is 110 Å². The quantitative estimate of drug-likeness (QED) is 0.154. The topological polar surface area (TPSA) is 115 Å². The molecule has 2 N–H and O–H groups in total. The number of carbonyl (C=O) groups excluding carboxylic acids is 3. The molecule has 2 spiro atoms. The zero-order valence-corrected chi connectivity index (χ0v) is 36.7. The van der Waals surface area contributed by atoms with Crippen molar-refractivity contribution in [2.45, 2.75) is 81.1 Å². The van der Waals surface area contributed by atoms with Crippen LogP contribution in [0.4, 0.5) is 17.1 Å². The van der Waals surface area contributed by atoms with E-state index in [4.69, 9.17) is 9.47 Å². The van der Waals surface area contributed by atoms with E-state index in [-0.39, 0.29) is 54.8 Å². The van der Waals surface area contributed by atoms with Gasteiger partial charge in [-0.15, -0.1) is 6.58 Å². The SMILES string of the molecule is C=CCN1C(=O)[C@]2(O[C@H](CC(=O)N3Cc4ccccc4C[C@H]3CO)[C@@H]([Si](C)(C)c3ccc(OC)cc3)[C@@H]2C)c2cc(N3CN(c4ccccc4)C4(CCNCC4)C3=O)ccc21. The highest BCUT2D eigenvalue weighted by atomic mass is 28.3. The molecule has 3 fully saturated rings. The van der Waals surface area contributed by atoms with E-state index in [1.165, 1.54) is 5.19 Å². The van der Waals surface area contributed by atoms with Gasteiger partial charge in [0.05, 0.1) is 52.7 Å². The molecule has 9 rings (SSSR count). The number of para-hydroxylation sites is 1. The summed E-state index contributed by atoms with van der Waals surface area (Å²) in [6.45, 7) is 13.1. The van der Waals surface area contributed by atoms with Gasteiger partial charge in [-0.3, -0.25) is 19.3 Å². The lowest BCUT2D eigenvalue weighted by Gasteiger charge is -2.39. The molecule has 5 aliphatic heterocycles. The average molecular weight is 840 g/mol. The Morgan fingerprint density at radius 1 is 0.951 bits per heavy atom. The molecule has 11 nitrogen and oxygen atoms in total. The fourth-order valence-electron chi connectivity index (χ4n) is 11.5. The predicted octanol–water partition coefficient (Wildman–Crippen LogP) is 5.71. The second kappa shape index (κ2) is 15.9. The van der Waals surface area contributed by atoms with Gasteiger partial charge in [0, 0.05) is 35.9 Å². The van der Waals surface area contributed by atoms with E-state index in [0.717, 1.165) is 41.3 Å². The molecule has 3 saturated heterocycles. The number of hydrogen-bond acceptors (Lipinski definition) is 8. The number of aliphatic hydroxyl groups is 1. The summed E-state index contributed by atoms with van der Waals surface area (Å²) in [5.74, 6) is 0.169. The number of aliphatic hydroxyl groups excluding tert-OH is 1. The highest BCUT2D eigenvalue weighted by Gasteiger charge is 2.67. The number of fused-ring (bicyclic) bond motifs is 3. The van der Waals surface area contributed by atoms with Gasteiger partial charge in [0.15, 0.2) is 5.60 Å². The third kappa shape index (κ3) is 6.52. The van der Waals surface area contributed by atoms with Crippen LogP contribution in [0.25, 0.3) is 0 Å². The molecule has 61 heavy (non-hydrogen) atoms. The van der Waals surface area contributed by atoms with Gasteiger partial charge in [-0.1, -0.05) is 85.9 Å². The number of piperidine rings is 1. The van der Waals surface area contributed by atoms with Crippen molar-refractivity contribution in [1.82, 2.24) is 10.2 Å². The molecule has 12 heteroatoms. The Kier molecular flexibility index (Phi) is 10.7.